The van der Waals surface area contributed by atoms with Crippen LogP contribution in [0.1, 0.15) is 28.0 Å². The third kappa shape index (κ3) is 1.95. The number of hydrogen-bond acceptors (Lipinski definition) is 4. The van der Waals surface area contributed by atoms with E-state index in [1.807, 2.05) is 0 Å². The highest BCUT2D eigenvalue weighted by Gasteiger charge is 2.31. The fraction of sp³-hybridized carbons (Fsp3) is 0.250. The molecule has 1 aromatic rings. The Hall–Kier alpha value is -2.12. The molecule has 0 aliphatic heterocycles. The number of alkyl halides is 2. The minimum absolute atomic E-state index is 0.0632. The van der Waals surface area contributed by atoms with Crippen LogP contribution in [0.3, 0.4) is 0 Å². The zero-order chi connectivity index (χ0) is 12.5. The predicted octanol–water partition coefficient (Wildman–Crippen LogP) is 1.33. The lowest BCUT2D eigenvalue weighted by atomic mass is 10.1. The van der Waals surface area contributed by atoms with Crippen LogP contribution in [0.25, 0.3) is 0 Å². The first-order valence-corrected chi connectivity index (χ1v) is 4.08. The van der Waals surface area contributed by atoms with Crippen molar-refractivity contribution in [3.63, 3.8) is 0 Å². The van der Waals surface area contributed by atoms with E-state index in [4.69, 9.17) is 5.73 Å². The van der Waals surface area contributed by atoms with Crippen LogP contribution >= 0.6 is 0 Å². The molecule has 0 spiro atoms. The molecule has 0 saturated carbocycles. The highest BCUT2D eigenvalue weighted by molar-refractivity contribution is 5.95. The second kappa shape index (κ2) is 4.17. The van der Waals surface area contributed by atoms with Gasteiger partial charge in [0, 0.05) is 6.20 Å². The van der Waals surface area contributed by atoms with E-state index in [1.165, 1.54) is 6.92 Å². The maximum absolute atomic E-state index is 12.6. The van der Waals surface area contributed by atoms with Crippen molar-refractivity contribution in [3.05, 3.63) is 33.1 Å². The number of carbonyl (C=O) groups is 1. The molecule has 6 nitrogen and oxygen atoms in total. The average molecular weight is 231 g/mol. The molecule has 0 aromatic carbocycles. The molecule has 1 amide bonds. The first-order valence-electron chi connectivity index (χ1n) is 4.08. The van der Waals surface area contributed by atoms with E-state index in [2.05, 4.69) is 4.98 Å². The van der Waals surface area contributed by atoms with E-state index in [9.17, 15) is 23.7 Å². The summed E-state index contributed by atoms with van der Waals surface area (Å²) in [6, 6.07) is 0. The molecule has 86 valence electrons. The molecule has 16 heavy (non-hydrogen) atoms. The average Bonchev–Trinajstić information content (AvgIpc) is 2.15. The normalized spacial score (nSPS) is 10.5. The molecular formula is C8H7F2N3O3. The van der Waals surface area contributed by atoms with Crippen LogP contribution in [0, 0.1) is 17.0 Å². The van der Waals surface area contributed by atoms with Crippen LogP contribution in [0.5, 0.6) is 0 Å². The zero-order valence-electron chi connectivity index (χ0n) is 8.11. The fourth-order valence-electron chi connectivity index (χ4n) is 1.25. The summed E-state index contributed by atoms with van der Waals surface area (Å²) in [6.45, 7) is 1.24. The summed E-state index contributed by atoms with van der Waals surface area (Å²) in [5, 5.41) is 10.6. The third-order valence-electron chi connectivity index (χ3n) is 1.93. The number of amides is 1. The van der Waals surface area contributed by atoms with Crippen LogP contribution in [0.15, 0.2) is 6.20 Å². The van der Waals surface area contributed by atoms with Gasteiger partial charge < -0.3 is 5.73 Å². The molecule has 0 bridgehead atoms. The van der Waals surface area contributed by atoms with Crippen molar-refractivity contribution in [1.29, 1.82) is 0 Å². The number of pyridine rings is 1. The monoisotopic (exact) mass is 231 g/mol. The Morgan fingerprint density at radius 3 is 2.56 bits per heavy atom. The Labute approximate surface area is 88.2 Å². The number of hydrogen-bond donors (Lipinski definition) is 1. The van der Waals surface area contributed by atoms with Crippen molar-refractivity contribution in [2.45, 2.75) is 13.3 Å². The number of aryl methyl sites for hydroxylation is 1. The van der Waals surface area contributed by atoms with Gasteiger partial charge in [0.05, 0.1) is 4.92 Å². The largest absolute Gasteiger partial charge is 0.364 e. The summed E-state index contributed by atoms with van der Waals surface area (Å²) in [6.07, 6.45) is -2.12. The highest BCUT2D eigenvalue weighted by atomic mass is 19.3. The van der Waals surface area contributed by atoms with Gasteiger partial charge in [0.15, 0.2) is 0 Å². The lowest BCUT2D eigenvalue weighted by molar-refractivity contribution is -0.386. The Balaban J connectivity index is 3.63. The summed E-state index contributed by atoms with van der Waals surface area (Å²) in [5.41, 5.74) is 2.15. The molecule has 8 heteroatoms. The van der Waals surface area contributed by atoms with Gasteiger partial charge in [0.1, 0.15) is 5.56 Å². The van der Waals surface area contributed by atoms with E-state index < -0.39 is 34.2 Å². The molecule has 0 aliphatic carbocycles. The molecule has 0 fully saturated rings. The Kier molecular flexibility index (Phi) is 3.11. The molecular weight excluding hydrogens is 224 g/mol. The van der Waals surface area contributed by atoms with Gasteiger partial charge in [-0.05, 0) is 12.5 Å². The molecule has 0 atom stereocenters. The number of aromatic nitrogens is 1. The summed E-state index contributed by atoms with van der Waals surface area (Å²) in [4.78, 5) is 23.8. The second-order valence-corrected chi connectivity index (χ2v) is 2.97. The molecule has 0 saturated heterocycles. The number of nitro groups is 1. The van der Waals surface area contributed by atoms with E-state index >= 15 is 0 Å². The van der Waals surface area contributed by atoms with Crippen molar-refractivity contribution >= 4 is 11.6 Å². The number of rotatable bonds is 3. The molecule has 0 radical (unpaired) electrons. The standard InChI is InChI=1S/C8H7F2N3O3/c1-3-2-12-5(8(11)14)6(13(15)16)4(3)7(9)10/h2,7H,1H3,(H2,11,14). The van der Waals surface area contributed by atoms with E-state index in [0.717, 1.165) is 6.20 Å². The second-order valence-electron chi connectivity index (χ2n) is 2.97. The smallest absolute Gasteiger partial charge is 0.309 e. The molecule has 1 heterocycles. The Morgan fingerprint density at radius 1 is 1.62 bits per heavy atom. The third-order valence-corrected chi connectivity index (χ3v) is 1.93. The number of halogens is 2. The Bertz CT molecular complexity index is 462. The first-order chi connectivity index (χ1) is 7.36. The van der Waals surface area contributed by atoms with Gasteiger partial charge in [-0.1, -0.05) is 0 Å². The Morgan fingerprint density at radius 2 is 2.19 bits per heavy atom. The summed E-state index contributed by atoms with van der Waals surface area (Å²) >= 11 is 0. The van der Waals surface area contributed by atoms with Crippen LogP contribution in [0.4, 0.5) is 14.5 Å². The predicted molar refractivity (Wildman–Crippen MR) is 49.1 cm³/mol. The highest BCUT2D eigenvalue weighted by Crippen LogP contribution is 2.33. The van der Waals surface area contributed by atoms with Gasteiger partial charge in [0.2, 0.25) is 5.69 Å². The van der Waals surface area contributed by atoms with Gasteiger partial charge in [0.25, 0.3) is 12.3 Å². The minimum atomic E-state index is -3.07. The number of nitrogens with zero attached hydrogens (tertiary/aromatic N) is 2. The quantitative estimate of drug-likeness (QED) is 0.626. The maximum atomic E-state index is 12.6. The van der Waals surface area contributed by atoms with Gasteiger partial charge in [-0.3, -0.25) is 14.9 Å². The van der Waals surface area contributed by atoms with E-state index in [0.29, 0.717) is 0 Å². The fourth-order valence-corrected chi connectivity index (χ4v) is 1.25. The van der Waals surface area contributed by atoms with Crippen molar-refractivity contribution in [1.82, 2.24) is 4.98 Å². The molecule has 2 N–H and O–H groups in total. The van der Waals surface area contributed by atoms with Gasteiger partial charge in [-0.15, -0.1) is 0 Å². The number of primary amides is 1. The van der Waals surface area contributed by atoms with Gasteiger partial charge >= 0.3 is 5.69 Å². The van der Waals surface area contributed by atoms with Crippen LogP contribution < -0.4 is 5.73 Å². The van der Waals surface area contributed by atoms with Crippen molar-refractivity contribution < 1.29 is 18.5 Å². The summed E-state index contributed by atoms with van der Waals surface area (Å²) in [7, 11) is 0. The number of carbonyl (C=O) groups excluding carboxylic acids is 1. The van der Waals surface area contributed by atoms with E-state index in [1.54, 1.807) is 0 Å². The molecule has 0 unspecified atom stereocenters. The van der Waals surface area contributed by atoms with Crippen LogP contribution in [-0.4, -0.2) is 15.8 Å². The SMILES string of the molecule is Cc1cnc(C(N)=O)c([N+](=O)[O-])c1C(F)F. The van der Waals surface area contributed by atoms with Crippen molar-refractivity contribution in [2.24, 2.45) is 5.73 Å². The van der Waals surface area contributed by atoms with Crippen molar-refractivity contribution in [3.8, 4) is 0 Å². The van der Waals surface area contributed by atoms with Crippen LogP contribution in [0.2, 0.25) is 0 Å². The number of nitrogens with two attached hydrogens (primary N) is 1. The minimum Gasteiger partial charge on any atom is -0.364 e. The maximum Gasteiger partial charge on any atom is 0.309 e. The van der Waals surface area contributed by atoms with Crippen LogP contribution in [-0.2, 0) is 0 Å². The van der Waals surface area contributed by atoms with Gasteiger partial charge in [-0.2, -0.15) is 0 Å². The first kappa shape index (κ1) is 12.0. The topological polar surface area (TPSA) is 99.1 Å². The summed E-state index contributed by atoms with van der Waals surface area (Å²) < 4.78 is 25.2. The molecule has 0 aliphatic rings. The molecule has 1 rings (SSSR count). The lowest BCUT2D eigenvalue weighted by Gasteiger charge is -2.07. The van der Waals surface area contributed by atoms with E-state index in [-0.39, 0.29) is 5.56 Å². The van der Waals surface area contributed by atoms with Crippen molar-refractivity contribution in [2.75, 3.05) is 0 Å². The molecule has 1 aromatic heterocycles. The zero-order valence-corrected chi connectivity index (χ0v) is 8.11. The summed E-state index contributed by atoms with van der Waals surface area (Å²) in [5.74, 6) is -1.21. The van der Waals surface area contributed by atoms with Gasteiger partial charge in [-0.25, -0.2) is 13.8 Å². The lowest BCUT2D eigenvalue weighted by Crippen LogP contribution is -2.17.